The molecule has 10 heteroatoms. The lowest BCUT2D eigenvalue weighted by Crippen LogP contribution is -2.53. The molecule has 0 aromatic heterocycles. The average Bonchev–Trinajstić information content (AvgIpc) is 2.73. The molecular weight excluding hydrogens is 428 g/mol. The van der Waals surface area contributed by atoms with Crippen molar-refractivity contribution in [3.8, 4) is 5.75 Å². The van der Waals surface area contributed by atoms with E-state index >= 15 is 0 Å². The number of benzene rings is 2. The molecule has 1 aliphatic heterocycles. The van der Waals surface area contributed by atoms with Gasteiger partial charge in [0.2, 0.25) is 0 Å². The zero-order valence-corrected chi connectivity index (χ0v) is 17.9. The monoisotopic (exact) mass is 448 g/mol. The van der Waals surface area contributed by atoms with Crippen molar-refractivity contribution in [3.05, 3.63) is 63.2 Å². The summed E-state index contributed by atoms with van der Waals surface area (Å²) in [6, 6.07) is 11.7. The number of hydrogen-bond acceptors (Lipinski definition) is 6. The number of hydrogen-bond donors (Lipinski definition) is 1. The lowest BCUT2D eigenvalue weighted by Gasteiger charge is -2.37. The minimum Gasteiger partial charge on any atom is -0.483 e. The summed E-state index contributed by atoms with van der Waals surface area (Å²) in [6.07, 6.45) is 0. The Hall–Kier alpha value is -2.91. The number of nitrogens with zero attached hydrogens (tertiary/aromatic N) is 3. The van der Waals surface area contributed by atoms with Gasteiger partial charge in [-0.1, -0.05) is 11.6 Å². The summed E-state index contributed by atoms with van der Waals surface area (Å²) < 4.78 is 5.54. The summed E-state index contributed by atoms with van der Waals surface area (Å²) in [5, 5.41) is 14.4. The molecule has 1 fully saturated rings. The normalized spacial score (nSPS) is 13.7. The molecule has 2 aromatic rings. The standard InChI is InChI=1S/C20H21ClN4O4S/c1-14-12-15(21)2-7-18(14)29-13-19(26)22-20(30)24-10-8-23(9-11-24)16-3-5-17(6-4-16)25(27)28/h2-7,12H,8-11,13H2,1H3,(H,22,26,30). The molecule has 158 valence electrons. The summed E-state index contributed by atoms with van der Waals surface area (Å²) in [5.74, 6) is 0.268. The highest BCUT2D eigenvalue weighted by molar-refractivity contribution is 7.80. The summed E-state index contributed by atoms with van der Waals surface area (Å²) in [6.45, 7) is 4.35. The van der Waals surface area contributed by atoms with Gasteiger partial charge in [0.25, 0.3) is 11.6 Å². The van der Waals surface area contributed by atoms with Crippen molar-refractivity contribution in [1.82, 2.24) is 10.2 Å². The van der Waals surface area contributed by atoms with Crippen molar-refractivity contribution < 1.29 is 14.5 Å². The number of aryl methyl sites for hydroxylation is 1. The van der Waals surface area contributed by atoms with Crippen LogP contribution in [0.1, 0.15) is 5.56 Å². The van der Waals surface area contributed by atoms with Crippen molar-refractivity contribution in [1.29, 1.82) is 0 Å². The minimum atomic E-state index is -0.416. The van der Waals surface area contributed by atoms with Gasteiger partial charge in [-0.3, -0.25) is 14.9 Å². The van der Waals surface area contributed by atoms with E-state index < -0.39 is 4.92 Å². The highest BCUT2D eigenvalue weighted by Crippen LogP contribution is 2.22. The molecule has 2 aromatic carbocycles. The van der Waals surface area contributed by atoms with E-state index in [1.165, 1.54) is 12.1 Å². The van der Waals surface area contributed by atoms with E-state index in [1.54, 1.807) is 30.3 Å². The lowest BCUT2D eigenvalue weighted by molar-refractivity contribution is -0.384. The largest absolute Gasteiger partial charge is 0.483 e. The molecule has 1 N–H and O–H groups in total. The van der Waals surface area contributed by atoms with Crippen molar-refractivity contribution >= 4 is 46.2 Å². The lowest BCUT2D eigenvalue weighted by atomic mass is 10.2. The van der Waals surface area contributed by atoms with E-state index in [1.807, 2.05) is 11.8 Å². The third-order valence-electron chi connectivity index (χ3n) is 4.73. The van der Waals surface area contributed by atoms with Crippen LogP contribution in [0.15, 0.2) is 42.5 Å². The van der Waals surface area contributed by atoms with Crippen LogP contribution in [0.2, 0.25) is 5.02 Å². The molecule has 1 saturated heterocycles. The van der Waals surface area contributed by atoms with Gasteiger partial charge in [-0.2, -0.15) is 0 Å². The molecule has 8 nitrogen and oxygen atoms in total. The fourth-order valence-electron chi connectivity index (χ4n) is 3.11. The number of nitro groups is 1. The Balaban J connectivity index is 1.45. The molecule has 1 heterocycles. The van der Waals surface area contributed by atoms with Gasteiger partial charge in [0, 0.05) is 49.0 Å². The maximum atomic E-state index is 12.2. The van der Waals surface area contributed by atoms with Crippen molar-refractivity contribution in [3.63, 3.8) is 0 Å². The van der Waals surface area contributed by atoms with E-state index in [0.29, 0.717) is 42.1 Å². The van der Waals surface area contributed by atoms with Gasteiger partial charge in [0.15, 0.2) is 11.7 Å². The van der Waals surface area contributed by atoms with Crippen molar-refractivity contribution in [2.24, 2.45) is 0 Å². The third kappa shape index (κ3) is 5.58. The second kappa shape index (κ2) is 9.73. The predicted octanol–water partition coefficient (Wildman–Crippen LogP) is 3.16. The zero-order chi connectivity index (χ0) is 21.7. The van der Waals surface area contributed by atoms with Crippen LogP contribution < -0.4 is 15.0 Å². The summed E-state index contributed by atoms with van der Waals surface area (Å²) >= 11 is 11.3. The van der Waals surface area contributed by atoms with Crippen LogP contribution in [-0.2, 0) is 4.79 Å². The first-order valence-corrected chi connectivity index (χ1v) is 10.1. The summed E-state index contributed by atoms with van der Waals surface area (Å²) in [4.78, 5) is 26.6. The van der Waals surface area contributed by atoms with Crippen molar-refractivity contribution in [2.45, 2.75) is 6.92 Å². The number of piperazine rings is 1. The van der Waals surface area contributed by atoms with Gasteiger partial charge in [-0.05, 0) is 55.0 Å². The van der Waals surface area contributed by atoms with E-state index in [2.05, 4.69) is 10.2 Å². The Morgan fingerprint density at radius 3 is 2.47 bits per heavy atom. The molecule has 30 heavy (non-hydrogen) atoms. The Morgan fingerprint density at radius 2 is 1.87 bits per heavy atom. The van der Waals surface area contributed by atoms with Crippen LogP contribution in [0, 0.1) is 17.0 Å². The molecule has 1 aliphatic rings. The second-order valence-corrected chi connectivity index (χ2v) is 7.62. The molecule has 0 bridgehead atoms. The van der Waals surface area contributed by atoms with Gasteiger partial charge >= 0.3 is 0 Å². The van der Waals surface area contributed by atoms with E-state index in [-0.39, 0.29) is 18.2 Å². The first kappa shape index (κ1) is 21.8. The first-order valence-electron chi connectivity index (χ1n) is 9.30. The number of rotatable bonds is 5. The molecule has 1 amide bonds. The predicted molar refractivity (Wildman–Crippen MR) is 119 cm³/mol. The number of halogens is 1. The number of nitrogens with one attached hydrogen (secondary N) is 1. The molecule has 3 rings (SSSR count). The highest BCUT2D eigenvalue weighted by Gasteiger charge is 2.21. The summed E-state index contributed by atoms with van der Waals surface area (Å²) in [7, 11) is 0. The van der Waals surface area contributed by atoms with Gasteiger partial charge < -0.3 is 19.9 Å². The minimum absolute atomic E-state index is 0.0669. The average molecular weight is 449 g/mol. The topological polar surface area (TPSA) is 88.0 Å². The Labute approximate surface area is 184 Å². The fourth-order valence-corrected chi connectivity index (χ4v) is 3.63. The Morgan fingerprint density at radius 1 is 1.20 bits per heavy atom. The molecular formula is C20H21ClN4O4S. The van der Waals surface area contributed by atoms with E-state index in [4.69, 9.17) is 28.6 Å². The number of anilines is 1. The summed E-state index contributed by atoms with van der Waals surface area (Å²) in [5.41, 5.74) is 1.83. The zero-order valence-electron chi connectivity index (χ0n) is 16.3. The molecule has 0 saturated carbocycles. The van der Waals surface area contributed by atoms with E-state index in [0.717, 1.165) is 11.3 Å². The first-order chi connectivity index (χ1) is 14.3. The third-order valence-corrected chi connectivity index (χ3v) is 5.33. The van der Waals surface area contributed by atoms with Crippen LogP contribution >= 0.6 is 23.8 Å². The van der Waals surface area contributed by atoms with E-state index in [9.17, 15) is 14.9 Å². The molecule has 0 spiro atoms. The molecule has 0 radical (unpaired) electrons. The van der Waals surface area contributed by atoms with Gasteiger partial charge in [0.05, 0.1) is 4.92 Å². The number of nitro benzene ring substituents is 1. The number of carbonyl (C=O) groups is 1. The van der Waals surface area contributed by atoms with Crippen LogP contribution in [0.25, 0.3) is 0 Å². The number of thiocarbonyl (C=S) groups is 1. The van der Waals surface area contributed by atoms with Crippen LogP contribution in [0.5, 0.6) is 5.75 Å². The highest BCUT2D eigenvalue weighted by atomic mass is 35.5. The molecule has 0 unspecified atom stereocenters. The van der Waals surface area contributed by atoms with Gasteiger partial charge in [-0.25, -0.2) is 0 Å². The molecule has 0 aliphatic carbocycles. The SMILES string of the molecule is Cc1cc(Cl)ccc1OCC(=O)NC(=S)N1CCN(c2ccc([N+](=O)[O-])cc2)CC1. The molecule has 0 atom stereocenters. The van der Waals surface area contributed by atoms with Gasteiger partial charge in [0.1, 0.15) is 5.75 Å². The van der Waals surface area contributed by atoms with Gasteiger partial charge in [-0.15, -0.1) is 0 Å². The maximum absolute atomic E-state index is 12.2. The Bertz CT molecular complexity index is 946. The van der Waals surface area contributed by atoms with Crippen LogP contribution in [0.3, 0.4) is 0 Å². The maximum Gasteiger partial charge on any atom is 0.269 e. The number of carbonyl (C=O) groups excluding carboxylic acids is 1. The number of ether oxygens (including phenoxy) is 1. The number of non-ortho nitro benzene ring substituents is 1. The van der Waals surface area contributed by atoms with Crippen LogP contribution in [0.4, 0.5) is 11.4 Å². The quantitative estimate of drug-likeness (QED) is 0.427. The smallest absolute Gasteiger partial charge is 0.269 e. The number of amides is 1. The fraction of sp³-hybridized carbons (Fsp3) is 0.300. The second-order valence-electron chi connectivity index (χ2n) is 6.80. The van der Waals surface area contributed by atoms with Crippen LogP contribution in [-0.4, -0.2) is 53.6 Å². The Kier molecular flexibility index (Phi) is 7.07. The van der Waals surface area contributed by atoms with Crippen molar-refractivity contribution in [2.75, 3.05) is 37.7 Å².